The third kappa shape index (κ3) is 3.78. The van der Waals surface area contributed by atoms with E-state index in [9.17, 15) is 4.79 Å². The summed E-state index contributed by atoms with van der Waals surface area (Å²) in [7, 11) is 3.20. The van der Waals surface area contributed by atoms with Gasteiger partial charge in [-0.05, 0) is 47.9 Å². The molecule has 4 rings (SSSR count). The van der Waals surface area contributed by atoms with Gasteiger partial charge in [-0.2, -0.15) is 0 Å². The third-order valence-corrected chi connectivity index (χ3v) is 6.04. The molecule has 2 aromatic carbocycles. The minimum absolute atomic E-state index is 0.0292. The Bertz CT molecular complexity index is 1200. The first-order valence-electron chi connectivity index (χ1n) is 9.44. The molecule has 6 nitrogen and oxygen atoms in total. The molecule has 0 saturated heterocycles. The fraction of sp³-hybridized carbons (Fsp3) is 0.273. The van der Waals surface area contributed by atoms with E-state index >= 15 is 0 Å². The summed E-state index contributed by atoms with van der Waals surface area (Å²) in [6.07, 6.45) is 2.88. The molecule has 0 N–H and O–H groups in total. The molecular formula is C22H23N3O3S. The Morgan fingerprint density at radius 2 is 1.86 bits per heavy atom. The molecule has 0 bridgehead atoms. The average molecular weight is 410 g/mol. The fourth-order valence-electron chi connectivity index (χ4n) is 3.31. The zero-order valence-electron chi connectivity index (χ0n) is 16.7. The average Bonchev–Trinajstić information content (AvgIpc) is 3.08. The van der Waals surface area contributed by atoms with Crippen LogP contribution in [0, 0.1) is 0 Å². The molecule has 2 heterocycles. The molecule has 0 amide bonds. The molecular weight excluding hydrogens is 386 g/mol. The second-order valence-corrected chi connectivity index (χ2v) is 7.75. The Morgan fingerprint density at radius 3 is 2.55 bits per heavy atom. The summed E-state index contributed by atoms with van der Waals surface area (Å²) < 4.78 is 13.0. The number of aryl methyl sites for hydroxylation is 1. The number of thiazole rings is 1. The van der Waals surface area contributed by atoms with E-state index in [1.165, 1.54) is 16.9 Å². The summed E-state index contributed by atoms with van der Waals surface area (Å²) in [4.78, 5) is 20.4. The highest BCUT2D eigenvalue weighted by molar-refractivity contribution is 7.07. The van der Waals surface area contributed by atoms with Crippen LogP contribution in [-0.2, 0) is 13.1 Å². The van der Waals surface area contributed by atoms with Crippen molar-refractivity contribution in [3.05, 3.63) is 73.3 Å². The minimum Gasteiger partial charge on any atom is -0.493 e. The van der Waals surface area contributed by atoms with Crippen molar-refractivity contribution in [1.29, 1.82) is 0 Å². The van der Waals surface area contributed by atoms with Gasteiger partial charge in [-0.1, -0.05) is 36.5 Å². The predicted molar refractivity (Wildman–Crippen MR) is 116 cm³/mol. The second kappa shape index (κ2) is 8.13. The second-order valence-electron chi connectivity index (χ2n) is 6.74. The predicted octanol–water partition coefficient (Wildman–Crippen LogP) is 2.37. The normalized spacial score (nSPS) is 13.8. The molecule has 7 heteroatoms. The van der Waals surface area contributed by atoms with Gasteiger partial charge in [-0.15, -0.1) is 0 Å². The Hall–Kier alpha value is -3.06. The number of anilines is 1. The molecule has 0 fully saturated rings. The molecule has 0 spiro atoms. The number of nitrogens with zero attached hydrogens (tertiary/aromatic N) is 3. The zero-order chi connectivity index (χ0) is 20.4. The summed E-state index contributed by atoms with van der Waals surface area (Å²) in [5, 5.41) is 0. The number of ether oxygens (including phenoxy) is 2. The van der Waals surface area contributed by atoms with Gasteiger partial charge in [0, 0.05) is 5.69 Å². The Labute approximate surface area is 173 Å². The molecule has 1 aliphatic rings. The first-order chi connectivity index (χ1) is 14.1. The first kappa shape index (κ1) is 19.3. The molecule has 0 saturated carbocycles. The fourth-order valence-corrected chi connectivity index (χ4v) is 4.27. The molecule has 0 unspecified atom stereocenters. The van der Waals surface area contributed by atoms with Crippen molar-refractivity contribution < 1.29 is 9.47 Å². The largest absolute Gasteiger partial charge is 0.493 e. The van der Waals surface area contributed by atoms with Gasteiger partial charge in [0.25, 0.3) is 5.56 Å². The van der Waals surface area contributed by atoms with Crippen LogP contribution in [0.2, 0.25) is 0 Å². The molecule has 29 heavy (non-hydrogen) atoms. The SMILES string of the molecule is CCc1ccc(N2CN=c3s/c(=C\c4ccc(OC)c(OC)c4)c(=O)n3C2)cc1. The van der Waals surface area contributed by atoms with E-state index in [2.05, 4.69) is 41.1 Å². The number of hydrogen-bond acceptors (Lipinski definition) is 6. The topological polar surface area (TPSA) is 56.1 Å². The van der Waals surface area contributed by atoms with Gasteiger partial charge in [-0.3, -0.25) is 9.36 Å². The smallest absolute Gasteiger partial charge is 0.271 e. The lowest BCUT2D eigenvalue weighted by Gasteiger charge is -2.25. The third-order valence-electron chi connectivity index (χ3n) is 4.99. The number of rotatable bonds is 5. The van der Waals surface area contributed by atoms with Gasteiger partial charge in [0.2, 0.25) is 0 Å². The van der Waals surface area contributed by atoms with Crippen molar-refractivity contribution in [2.24, 2.45) is 4.99 Å². The van der Waals surface area contributed by atoms with Crippen LogP contribution in [0.25, 0.3) is 6.08 Å². The Morgan fingerprint density at radius 1 is 1.10 bits per heavy atom. The highest BCUT2D eigenvalue weighted by Gasteiger charge is 2.16. The quantitative estimate of drug-likeness (QED) is 0.649. The maximum absolute atomic E-state index is 13.0. The van der Waals surface area contributed by atoms with E-state index in [-0.39, 0.29) is 5.56 Å². The number of fused-ring (bicyclic) bond motifs is 1. The van der Waals surface area contributed by atoms with Crippen molar-refractivity contribution in [1.82, 2.24) is 4.57 Å². The van der Waals surface area contributed by atoms with Gasteiger partial charge in [-0.25, -0.2) is 4.99 Å². The summed E-state index contributed by atoms with van der Waals surface area (Å²) in [5.74, 6) is 1.29. The van der Waals surface area contributed by atoms with E-state index < -0.39 is 0 Å². The van der Waals surface area contributed by atoms with Crippen molar-refractivity contribution in [3.8, 4) is 11.5 Å². The summed E-state index contributed by atoms with van der Waals surface area (Å²) >= 11 is 1.41. The van der Waals surface area contributed by atoms with E-state index in [4.69, 9.17) is 9.47 Å². The highest BCUT2D eigenvalue weighted by atomic mass is 32.1. The van der Waals surface area contributed by atoms with E-state index in [1.54, 1.807) is 18.8 Å². The van der Waals surface area contributed by atoms with Crippen LogP contribution >= 0.6 is 11.3 Å². The van der Waals surface area contributed by atoms with Crippen LogP contribution in [0.3, 0.4) is 0 Å². The van der Waals surface area contributed by atoms with Crippen molar-refractivity contribution in [2.45, 2.75) is 20.0 Å². The minimum atomic E-state index is -0.0292. The lowest BCUT2D eigenvalue weighted by atomic mass is 10.1. The van der Waals surface area contributed by atoms with Crippen molar-refractivity contribution in [2.75, 3.05) is 25.8 Å². The van der Waals surface area contributed by atoms with Crippen molar-refractivity contribution in [3.63, 3.8) is 0 Å². The monoisotopic (exact) mass is 409 g/mol. The van der Waals surface area contributed by atoms with Gasteiger partial charge >= 0.3 is 0 Å². The van der Waals surface area contributed by atoms with Crippen LogP contribution in [-0.4, -0.2) is 25.5 Å². The maximum Gasteiger partial charge on any atom is 0.271 e. The molecule has 1 aliphatic heterocycles. The highest BCUT2D eigenvalue weighted by Crippen LogP contribution is 2.27. The summed E-state index contributed by atoms with van der Waals surface area (Å²) in [6, 6.07) is 14.0. The standard InChI is InChI=1S/C22H23N3O3S/c1-4-15-5-8-17(9-6-15)24-13-23-22-25(14-24)21(26)20(29-22)12-16-7-10-18(27-2)19(11-16)28-3/h5-12H,4,13-14H2,1-3H3/b20-12-. The van der Waals surface area contributed by atoms with Gasteiger partial charge in [0.15, 0.2) is 16.3 Å². The van der Waals surface area contributed by atoms with E-state index in [1.807, 2.05) is 24.3 Å². The number of methoxy groups -OCH3 is 2. The van der Waals surface area contributed by atoms with Crippen molar-refractivity contribution >= 4 is 23.1 Å². The maximum atomic E-state index is 13.0. The number of benzene rings is 2. The van der Waals surface area contributed by atoms with E-state index in [0.717, 1.165) is 22.5 Å². The Kier molecular flexibility index (Phi) is 5.40. The molecule has 1 aromatic heterocycles. The summed E-state index contributed by atoms with van der Waals surface area (Å²) in [6.45, 7) is 3.18. The zero-order valence-corrected chi connectivity index (χ0v) is 17.5. The van der Waals surface area contributed by atoms with Gasteiger partial charge in [0.05, 0.1) is 18.8 Å². The van der Waals surface area contributed by atoms with Crippen LogP contribution < -0.4 is 29.3 Å². The van der Waals surface area contributed by atoms with Crippen LogP contribution in [0.1, 0.15) is 18.1 Å². The molecule has 150 valence electrons. The molecule has 3 aromatic rings. The molecule has 0 atom stereocenters. The van der Waals surface area contributed by atoms with Gasteiger partial charge < -0.3 is 14.4 Å². The number of hydrogen-bond donors (Lipinski definition) is 0. The molecule has 0 aliphatic carbocycles. The van der Waals surface area contributed by atoms with Crippen LogP contribution in [0.4, 0.5) is 5.69 Å². The lowest BCUT2D eigenvalue weighted by Crippen LogP contribution is -2.42. The van der Waals surface area contributed by atoms with E-state index in [0.29, 0.717) is 29.4 Å². The lowest BCUT2D eigenvalue weighted by molar-refractivity contribution is 0.355. The van der Waals surface area contributed by atoms with Gasteiger partial charge in [0.1, 0.15) is 13.3 Å². The Balaban J connectivity index is 1.66. The molecule has 0 radical (unpaired) electrons. The number of aromatic nitrogens is 1. The first-order valence-corrected chi connectivity index (χ1v) is 10.3. The van der Waals surface area contributed by atoms with Crippen LogP contribution in [0.5, 0.6) is 11.5 Å². The summed E-state index contributed by atoms with van der Waals surface area (Å²) in [5.41, 5.74) is 3.22. The van der Waals surface area contributed by atoms with Crippen LogP contribution in [0.15, 0.2) is 52.3 Å².